The van der Waals surface area contributed by atoms with Crippen LogP contribution in [0.5, 0.6) is 23.0 Å². The van der Waals surface area contributed by atoms with Gasteiger partial charge in [0.2, 0.25) is 0 Å². The Hall–Kier alpha value is -5.42. The molecule has 0 aromatic heterocycles. The molecule has 0 N–H and O–H groups in total. The number of hydrogen-bond acceptors (Lipinski definition) is 4. The van der Waals surface area contributed by atoms with Crippen LogP contribution >= 0.6 is 0 Å². The van der Waals surface area contributed by atoms with Crippen LogP contribution < -0.4 is 30.1 Å². The molecule has 0 atom stereocenters. The Morgan fingerprint density at radius 3 is 1.93 bits per heavy atom. The molecule has 0 fully saturated rings. The Kier molecular flexibility index (Phi) is 5.09. The lowest BCUT2D eigenvalue weighted by Crippen LogP contribution is -2.61. The van der Waals surface area contributed by atoms with Crippen LogP contribution in [0.4, 0.5) is 28.4 Å². The fraction of sp³-hybridized carbons (Fsp3) is 0.0526. The van der Waals surface area contributed by atoms with Gasteiger partial charge < -0.3 is 19.2 Å². The second-order valence-corrected chi connectivity index (χ2v) is 11.5. The van der Waals surface area contributed by atoms with Crippen LogP contribution in [0, 0.1) is 13.8 Å². The van der Waals surface area contributed by atoms with Crippen LogP contribution in [0.25, 0.3) is 11.1 Å². The Morgan fingerprint density at radius 1 is 0.512 bits per heavy atom. The normalized spacial score (nSPS) is 13.6. The molecule has 3 heterocycles. The van der Waals surface area contributed by atoms with Crippen molar-refractivity contribution in [1.29, 1.82) is 0 Å². The predicted octanol–water partition coefficient (Wildman–Crippen LogP) is 8.91. The summed E-state index contributed by atoms with van der Waals surface area (Å²) in [4.78, 5) is 4.93. The van der Waals surface area contributed by atoms with E-state index in [1.807, 2.05) is 24.3 Å². The van der Waals surface area contributed by atoms with E-state index in [0.29, 0.717) is 0 Å². The van der Waals surface area contributed by atoms with Gasteiger partial charge in [0.05, 0.1) is 0 Å². The molecule has 0 saturated heterocycles. The van der Waals surface area contributed by atoms with Crippen molar-refractivity contribution in [2.24, 2.45) is 0 Å². The monoisotopic (exact) mass is 554 g/mol. The molecule has 0 unspecified atom stereocenters. The van der Waals surface area contributed by atoms with Gasteiger partial charge in [0.25, 0.3) is 0 Å². The van der Waals surface area contributed by atoms with E-state index in [2.05, 4.69) is 127 Å². The number of para-hydroxylation sites is 5. The molecule has 5 heteroatoms. The second-order valence-electron chi connectivity index (χ2n) is 11.5. The first kappa shape index (κ1) is 24.2. The molecule has 0 aliphatic carbocycles. The third-order valence-corrected chi connectivity index (χ3v) is 8.84. The van der Waals surface area contributed by atoms with Gasteiger partial charge >= 0.3 is 6.85 Å². The van der Waals surface area contributed by atoms with Gasteiger partial charge in [-0.2, -0.15) is 0 Å². The lowest BCUT2D eigenvalue weighted by atomic mass is 9.43. The highest BCUT2D eigenvalue weighted by molar-refractivity contribution is 6.93. The minimum absolute atomic E-state index is 0.0368. The van der Waals surface area contributed by atoms with E-state index in [1.165, 1.54) is 44.7 Å². The zero-order valence-electron chi connectivity index (χ0n) is 23.9. The quantitative estimate of drug-likeness (QED) is 0.199. The maximum atomic E-state index is 6.46. The second kappa shape index (κ2) is 9.04. The van der Waals surface area contributed by atoms with E-state index < -0.39 is 0 Å². The summed E-state index contributed by atoms with van der Waals surface area (Å²) in [6, 6.07) is 45.1. The highest BCUT2D eigenvalue weighted by Gasteiger charge is 2.45. The largest absolute Gasteiger partial charge is 0.449 e. The average Bonchev–Trinajstić information content (AvgIpc) is 3.04. The summed E-state index contributed by atoms with van der Waals surface area (Å²) in [5, 5.41) is 0. The number of hydrogen-bond donors (Lipinski definition) is 0. The predicted molar refractivity (Wildman–Crippen MR) is 176 cm³/mol. The van der Waals surface area contributed by atoms with Crippen LogP contribution in [0.3, 0.4) is 0 Å². The van der Waals surface area contributed by atoms with E-state index in [9.17, 15) is 0 Å². The van der Waals surface area contributed by atoms with Crippen molar-refractivity contribution in [2.45, 2.75) is 13.8 Å². The molecule has 0 saturated carbocycles. The van der Waals surface area contributed by atoms with Crippen LogP contribution in [-0.4, -0.2) is 6.85 Å². The number of aryl methyl sites for hydroxylation is 2. The first-order chi connectivity index (χ1) is 21.2. The van der Waals surface area contributed by atoms with E-state index in [1.54, 1.807) is 0 Å². The first-order valence-corrected chi connectivity index (χ1v) is 14.7. The summed E-state index contributed by atoms with van der Waals surface area (Å²) in [6.45, 7) is 4.35. The molecule has 0 bridgehead atoms. The van der Waals surface area contributed by atoms with Crippen molar-refractivity contribution < 1.29 is 9.47 Å². The van der Waals surface area contributed by atoms with E-state index >= 15 is 0 Å². The third kappa shape index (κ3) is 3.51. The molecule has 9 rings (SSSR count). The molecule has 204 valence electrons. The first-order valence-electron chi connectivity index (χ1n) is 14.7. The number of benzene rings is 6. The molecule has 3 aliphatic rings. The third-order valence-electron chi connectivity index (χ3n) is 8.84. The van der Waals surface area contributed by atoms with Crippen molar-refractivity contribution in [1.82, 2.24) is 0 Å². The minimum atomic E-state index is -0.0368. The van der Waals surface area contributed by atoms with Crippen LogP contribution in [-0.2, 0) is 0 Å². The van der Waals surface area contributed by atoms with Crippen molar-refractivity contribution in [3.05, 3.63) is 139 Å². The summed E-state index contributed by atoms with van der Waals surface area (Å²) < 4.78 is 12.9. The average molecular weight is 554 g/mol. The van der Waals surface area contributed by atoms with Gasteiger partial charge in [-0.05, 0) is 90.0 Å². The maximum Gasteiger partial charge on any atom is 0.333 e. The fourth-order valence-electron chi connectivity index (χ4n) is 7.03. The lowest BCUT2D eigenvalue weighted by Gasteiger charge is -2.46. The van der Waals surface area contributed by atoms with Gasteiger partial charge in [0, 0.05) is 40.1 Å². The topological polar surface area (TPSA) is 24.9 Å². The minimum Gasteiger partial charge on any atom is -0.449 e. The van der Waals surface area contributed by atoms with Gasteiger partial charge in [-0.3, -0.25) is 0 Å². The Balaban J connectivity index is 1.38. The van der Waals surface area contributed by atoms with Crippen molar-refractivity contribution in [3.63, 3.8) is 0 Å². The molecule has 3 aliphatic heterocycles. The highest BCUT2D eigenvalue weighted by Crippen LogP contribution is 2.53. The van der Waals surface area contributed by atoms with E-state index in [0.717, 1.165) is 39.9 Å². The zero-order chi connectivity index (χ0) is 28.7. The number of anilines is 5. The molecule has 43 heavy (non-hydrogen) atoms. The van der Waals surface area contributed by atoms with E-state index in [4.69, 9.17) is 9.47 Å². The number of fused-ring (bicyclic) bond motifs is 6. The van der Waals surface area contributed by atoms with Crippen molar-refractivity contribution in [3.8, 4) is 34.1 Å². The van der Waals surface area contributed by atoms with Crippen molar-refractivity contribution in [2.75, 3.05) is 9.71 Å². The molecular weight excluding hydrogens is 527 g/mol. The molecular formula is C38H27BN2O2. The molecule has 0 radical (unpaired) electrons. The van der Waals surface area contributed by atoms with Crippen LogP contribution in [0.15, 0.2) is 127 Å². The SMILES string of the molecule is Cc1cc2c3c(c1)N(c1ccccc1)c1ccccc1B3N(c1ccccc1C)c1cc3c(cc1-2)Oc1ccccc1O3. The maximum absolute atomic E-state index is 6.46. The molecule has 4 nitrogen and oxygen atoms in total. The summed E-state index contributed by atoms with van der Waals surface area (Å²) >= 11 is 0. The van der Waals surface area contributed by atoms with Crippen LogP contribution in [0.2, 0.25) is 0 Å². The van der Waals surface area contributed by atoms with Gasteiger partial charge in [0.15, 0.2) is 23.0 Å². The van der Waals surface area contributed by atoms with Gasteiger partial charge in [0.1, 0.15) is 0 Å². The number of rotatable bonds is 2. The fourth-order valence-corrected chi connectivity index (χ4v) is 7.03. The smallest absolute Gasteiger partial charge is 0.333 e. The molecule has 6 aromatic carbocycles. The van der Waals surface area contributed by atoms with Gasteiger partial charge in [-0.15, -0.1) is 0 Å². The summed E-state index contributed by atoms with van der Waals surface area (Å²) in [7, 11) is 0. The summed E-state index contributed by atoms with van der Waals surface area (Å²) in [5.74, 6) is 2.91. The summed E-state index contributed by atoms with van der Waals surface area (Å²) in [6.07, 6.45) is 0. The molecule has 6 aromatic rings. The Bertz CT molecular complexity index is 2090. The zero-order valence-corrected chi connectivity index (χ0v) is 23.9. The standard InChI is InChI=1S/C38H27BN2O2/c1-24-20-28-27-22-36-37(43-35-19-11-10-18-34(35)42-36)23-32(27)41(30-16-8-6-12-25(30)2)39-29-15-7-9-17-31(29)40(33(21-24)38(28)39)26-13-4-3-5-14-26/h3-23H,1-2H3. The Morgan fingerprint density at radius 2 is 1.16 bits per heavy atom. The Labute approximate surface area is 251 Å². The summed E-state index contributed by atoms with van der Waals surface area (Å²) in [5.41, 5.74) is 13.2. The van der Waals surface area contributed by atoms with Crippen molar-refractivity contribution >= 4 is 46.2 Å². The van der Waals surface area contributed by atoms with Gasteiger partial charge in [-0.25, -0.2) is 0 Å². The number of nitrogens with zero attached hydrogens (tertiary/aromatic N) is 2. The van der Waals surface area contributed by atoms with Gasteiger partial charge in [-0.1, -0.05) is 72.8 Å². The lowest BCUT2D eigenvalue weighted by molar-refractivity contribution is 0.360. The van der Waals surface area contributed by atoms with Crippen LogP contribution in [0.1, 0.15) is 11.1 Å². The number of ether oxygens (including phenoxy) is 2. The highest BCUT2D eigenvalue weighted by atomic mass is 16.6. The molecule has 0 amide bonds. The van der Waals surface area contributed by atoms with E-state index in [-0.39, 0.29) is 6.85 Å². The molecule has 0 spiro atoms.